The topological polar surface area (TPSA) is 33.1 Å². The van der Waals surface area contributed by atoms with Crippen LogP contribution in [0.25, 0.3) is 0 Å². The number of pyridine rings is 1. The van der Waals surface area contributed by atoms with Crippen molar-refractivity contribution in [3.05, 3.63) is 29.8 Å². The van der Waals surface area contributed by atoms with Gasteiger partial charge in [-0.25, -0.2) is 4.39 Å². The SMILES string of the molecule is OC(c1ccncc1F)C(F)(F)F. The third kappa shape index (κ3) is 2.15. The van der Waals surface area contributed by atoms with E-state index in [-0.39, 0.29) is 0 Å². The maximum Gasteiger partial charge on any atom is 0.418 e. The highest BCUT2D eigenvalue weighted by atomic mass is 19.4. The Labute approximate surface area is 70.8 Å². The first-order valence-electron chi connectivity index (χ1n) is 3.27. The first-order valence-corrected chi connectivity index (χ1v) is 3.27. The van der Waals surface area contributed by atoms with Crippen molar-refractivity contribution in [3.8, 4) is 0 Å². The van der Waals surface area contributed by atoms with Crippen molar-refractivity contribution in [3.63, 3.8) is 0 Å². The monoisotopic (exact) mass is 195 g/mol. The molecule has 6 heteroatoms. The summed E-state index contributed by atoms with van der Waals surface area (Å²) in [7, 11) is 0. The number of aliphatic hydroxyl groups is 1. The van der Waals surface area contributed by atoms with Crippen LogP contribution in [0.15, 0.2) is 18.5 Å². The highest BCUT2D eigenvalue weighted by Gasteiger charge is 2.40. The van der Waals surface area contributed by atoms with Gasteiger partial charge in [-0.2, -0.15) is 13.2 Å². The van der Waals surface area contributed by atoms with Gasteiger partial charge in [0.2, 0.25) is 0 Å². The quantitative estimate of drug-likeness (QED) is 0.693. The molecular weight excluding hydrogens is 190 g/mol. The van der Waals surface area contributed by atoms with Crippen molar-refractivity contribution >= 4 is 0 Å². The summed E-state index contributed by atoms with van der Waals surface area (Å²) in [6, 6.07) is 0.785. The molecule has 1 aromatic heterocycles. The third-order valence-electron chi connectivity index (χ3n) is 1.41. The fourth-order valence-electron chi connectivity index (χ4n) is 0.784. The Kier molecular flexibility index (Phi) is 2.51. The summed E-state index contributed by atoms with van der Waals surface area (Å²) in [6.45, 7) is 0. The first-order chi connectivity index (χ1) is 5.93. The van der Waals surface area contributed by atoms with E-state index >= 15 is 0 Å². The van der Waals surface area contributed by atoms with Crippen LogP contribution in [0, 0.1) is 5.82 Å². The van der Waals surface area contributed by atoms with Crippen LogP contribution >= 0.6 is 0 Å². The van der Waals surface area contributed by atoms with E-state index in [0.29, 0.717) is 6.20 Å². The highest BCUT2D eigenvalue weighted by molar-refractivity contribution is 5.16. The molecule has 0 radical (unpaired) electrons. The smallest absolute Gasteiger partial charge is 0.379 e. The minimum absolute atomic E-state index is 0.615. The van der Waals surface area contributed by atoms with Crippen molar-refractivity contribution in [2.24, 2.45) is 0 Å². The van der Waals surface area contributed by atoms with E-state index in [1.165, 1.54) is 0 Å². The fraction of sp³-hybridized carbons (Fsp3) is 0.286. The molecule has 0 aliphatic carbocycles. The number of nitrogens with zero attached hydrogens (tertiary/aromatic N) is 1. The highest BCUT2D eigenvalue weighted by Crippen LogP contribution is 2.32. The predicted octanol–water partition coefficient (Wildman–Crippen LogP) is 1.82. The second kappa shape index (κ2) is 3.29. The molecule has 0 aliphatic heterocycles. The summed E-state index contributed by atoms with van der Waals surface area (Å²) < 4.78 is 48.3. The van der Waals surface area contributed by atoms with E-state index in [1.807, 2.05) is 0 Å². The molecule has 0 saturated carbocycles. The lowest BCUT2D eigenvalue weighted by Crippen LogP contribution is -2.21. The summed E-state index contributed by atoms with van der Waals surface area (Å²) in [5, 5.41) is 8.65. The Hall–Kier alpha value is -1.17. The van der Waals surface area contributed by atoms with Crippen molar-refractivity contribution in [2.75, 3.05) is 0 Å². The number of hydrogen-bond acceptors (Lipinski definition) is 2. The van der Waals surface area contributed by atoms with Crippen LogP contribution in [0.3, 0.4) is 0 Å². The van der Waals surface area contributed by atoms with E-state index in [9.17, 15) is 17.6 Å². The molecule has 13 heavy (non-hydrogen) atoms. The lowest BCUT2D eigenvalue weighted by Gasteiger charge is -2.14. The van der Waals surface area contributed by atoms with Gasteiger partial charge < -0.3 is 5.11 Å². The Bertz CT molecular complexity index is 299. The minimum Gasteiger partial charge on any atom is -0.379 e. The maximum absolute atomic E-state index is 12.6. The van der Waals surface area contributed by atoms with E-state index in [1.54, 1.807) is 0 Å². The Balaban J connectivity index is 3.02. The summed E-state index contributed by atoms with van der Waals surface area (Å²) >= 11 is 0. The number of halogens is 4. The Morgan fingerprint density at radius 2 is 2.00 bits per heavy atom. The molecule has 0 bridgehead atoms. The van der Waals surface area contributed by atoms with Crippen LogP contribution in [-0.2, 0) is 0 Å². The van der Waals surface area contributed by atoms with Crippen molar-refractivity contribution in [1.29, 1.82) is 0 Å². The number of aliphatic hydroxyl groups excluding tert-OH is 1. The van der Waals surface area contributed by atoms with Crippen LogP contribution in [0.1, 0.15) is 11.7 Å². The summed E-state index contributed by atoms with van der Waals surface area (Å²) in [6.07, 6.45) is -6.06. The van der Waals surface area contributed by atoms with Gasteiger partial charge in [-0.05, 0) is 6.07 Å². The number of alkyl halides is 3. The minimum atomic E-state index is -4.86. The van der Waals surface area contributed by atoms with Crippen molar-refractivity contribution < 1.29 is 22.7 Å². The molecular formula is C7H5F4NO. The second-order valence-electron chi connectivity index (χ2n) is 2.34. The van der Waals surface area contributed by atoms with E-state index in [0.717, 1.165) is 12.3 Å². The summed E-state index contributed by atoms with van der Waals surface area (Å²) in [4.78, 5) is 3.26. The molecule has 2 nitrogen and oxygen atoms in total. The predicted molar refractivity (Wildman–Crippen MR) is 35.2 cm³/mol. The van der Waals surface area contributed by atoms with Crippen molar-refractivity contribution in [1.82, 2.24) is 4.98 Å². The molecule has 0 aliphatic rings. The van der Waals surface area contributed by atoms with Crippen molar-refractivity contribution in [2.45, 2.75) is 12.3 Å². The van der Waals surface area contributed by atoms with Gasteiger partial charge in [0.05, 0.1) is 6.20 Å². The summed E-state index contributed by atoms with van der Waals surface area (Å²) in [5.74, 6) is -1.17. The molecule has 0 saturated heterocycles. The van der Waals surface area contributed by atoms with Gasteiger partial charge in [0.15, 0.2) is 6.10 Å². The van der Waals surface area contributed by atoms with Gasteiger partial charge in [-0.15, -0.1) is 0 Å². The lowest BCUT2D eigenvalue weighted by atomic mass is 10.1. The normalized spacial score (nSPS) is 14.2. The average Bonchev–Trinajstić information content (AvgIpc) is 2.02. The molecule has 0 spiro atoms. The van der Waals surface area contributed by atoms with Crippen LogP contribution in [0.5, 0.6) is 0 Å². The molecule has 0 amide bonds. The first kappa shape index (κ1) is 9.91. The van der Waals surface area contributed by atoms with Gasteiger partial charge in [0, 0.05) is 11.8 Å². The molecule has 1 N–H and O–H groups in total. The molecule has 1 aromatic rings. The largest absolute Gasteiger partial charge is 0.418 e. The molecule has 0 fully saturated rings. The van der Waals surface area contributed by atoms with Crippen LogP contribution in [-0.4, -0.2) is 16.3 Å². The van der Waals surface area contributed by atoms with Gasteiger partial charge >= 0.3 is 6.18 Å². The summed E-state index contributed by atoms with van der Waals surface area (Å²) in [5.41, 5.74) is -0.817. The van der Waals surface area contributed by atoms with Gasteiger partial charge in [-0.1, -0.05) is 0 Å². The number of aromatic nitrogens is 1. The Morgan fingerprint density at radius 1 is 1.38 bits per heavy atom. The second-order valence-corrected chi connectivity index (χ2v) is 2.34. The van der Waals surface area contributed by atoms with Crippen LogP contribution < -0.4 is 0 Å². The van der Waals surface area contributed by atoms with Gasteiger partial charge in [0.25, 0.3) is 0 Å². The zero-order valence-corrected chi connectivity index (χ0v) is 6.22. The van der Waals surface area contributed by atoms with Gasteiger partial charge in [-0.3, -0.25) is 4.98 Å². The van der Waals surface area contributed by atoms with Crippen LogP contribution in [0.4, 0.5) is 17.6 Å². The molecule has 1 atom stereocenters. The average molecular weight is 195 g/mol. The third-order valence-corrected chi connectivity index (χ3v) is 1.41. The zero-order valence-electron chi connectivity index (χ0n) is 6.22. The van der Waals surface area contributed by atoms with E-state index < -0.39 is 23.7 Å². The number of hydrogen-bond donors (Lipinski definition) is 1. The standard InChI is InChI=1S/C7H5F4NO/c8-5-3-12-2-1-4(5)6(13)7(9,10)11/h1-3,6,13H. The zero-order chi connectivity index (χ0) is 10.1. The maximum atomic E-state index is 12.6. The van der Waals surface area contributed by atoms with E-state index in [2.05, 4.69) is 4.98 Å². The van der Waals surface area contributed by atoms with Gasteiger partial charge in [0.1, 0.15) is 5.82 Å². The molecule has 72 valence electrons. The van der Waals surface area contributed by atoms with E-state index in [4.69, 9.17) is 5.11 Å². The molecule has 1 unspecified atom stereocenters. The number of rotatable bonds is 1. The van der Waals surface area contributed by atoms with Crippen LogP contribution in [0.2, 0.25) is 0 Å². The fourth-order valence-corrected chi connectivity index (χ4v) is 0.784. The molecule has 1 rings (SSSR count). The molecule has 1 heterocycles. The lowest BCUT2D eigenvalue weighted by molar-refractivity contribution is -0.207. The Morgan fingerprint density at radius 3 is 2.46 bits per heavy atom. The molecule has 0 aromatic carbocycles.